The number of aryl methyl sites for hydroxylation is 1. The van der Waals surface area contributed by atoms with E-state index in [9.17, 15) is 4.79 Å². The third kappa shape index (κ3) is 3.00. The molecule has 2 aromatic heterocycles. The molecule has 0 atom stereocenters. The monoisotopic (exact) mass is 281 g/mol. The second kappa shape index (κ2) is 5.23. The quantitative estimate of drug-likeness (QED) is 0.903. The molecule has 0 saturated carbocycles. The Bertz CT molecular complexity index is 613. The lowest BCUT2D eigenvalue weighted by Crippen LogP contribution is -2.20. The van der Waals surface area contributed by atoms with Crippen LogP contribution in [0, 0.1) is 6.92 Å². The van der Waals surface area contributed by atoms with Crippen molar-refractivity contribution in [1.82, 2.24) is 15.1 Å². The maximum atomic E-state index is 11.0. The molecule has 2 rings (SSSR count). The standard InChI is InChI=1S/C11H12ClN5O2/c1-6-15-9(16-19-6)5-17(2)11-8(12)3-7(4-14-11)10(13)18/h3-4H,5H2,1-2H3,(H2,13,18). The summed E-state index contributed by atoms with van der Waals surface area (Å²) in [6.07, 6.45) is 1.38. The minimum Gasteiger partial charge on any atom is -0.366 e. The maximum absolute atomic E-state index is 11.0. The molecule has 2 N–H and O–H groups in total. The normalized spacial score (nSPS) is 10.5. The third-order valence-electron chi connectivity index (χ3n) is 2.42. The van der Waals surface area contributed by atoms with Gasteiger partial charge in [-0.2, -0.15) is 4.98 Å². The van der Waals surface area contributed by atoms with Crippen LogP contribution in [-0.2, 0) is 6.54 Å². The molecule has 19 heavy (non-hydrogen) atoms. The van der Waals surface area contributed by atoms with E-state index >= 15 is 0 Å². The van der Waals surface area contributed by atoms with Crippen molar-refractivity contribution in [3.8, 4) is 0 Å². The lowest BCUT2D eigenvalue weighted by atomic mass is 10.2. The van der Waals surface area contributed by atoms with Crippen LogP contribution in [0.2, 0.25) is 5.02 Å². The Morgan fingerprint density at radius 1 is 1.58 bits per heavy atom. The lowest BCUT2D eigenvalue weighted by molar-refractivity contribution is 0.1000. The van der Waals surface area contributed by atoms with E-state index < -0.39 is 5.91 Å². The Kier molecular flexibility index (Phi) is 3.66. The summed E-state index contributed by atoms with van der Waals surface area (Å²) in [4.78, 5) is 20.9. The molecule has 0 aliphatic carbocycles. The van der Waals surface area contributed by atoms with Crippen molar-refractivity contribution < 1.29 is 9.32 Å². The van der Waals surface area contributed by atoms with Crippen LogP contribution in [0.15, 0.2) is 16.8 Å². The van der Waals surface area contributed by atoms with Gasteiger partial charge in [0.05, 0.1) is 17.1 Å². The molecule has 1 amide bonds. The molecule has 7 nitrogen and oxygen atoms in total. The molecule has 0 aliphatic heterocycles. The van der Waals surface area contributed by atoms with Crippen molar-refractivity contribution >= 4 is 23.3 Å². The minimum atomic E-state index is -0.572. The first-order chi connectivity index (χ1) is 8.97. The molecule has 100 valence electrons. The molecule has 0 unspecified atom stereocenters. The number of nitrogens with two attached hydrogens (primary N) is 1. The zero-order chi connectivity index (χ0) is 14.0. The second-order valence-corrected chi connectivity index (χ2v) is 4.39. The number of hydrogen-bond acceptors (Lipinski definition) is 6. The van der Waals surface area contributed by atoms with Crippen LogP contribution in [0.3, 0.4) is 0 Å². The van der Waals surface area contributed by atoms with Crippen LogP contribution in [0.25, 0.3) is 0 Å². The average molecular weight is 282 g/mol. The second-order valence-electron chi connectivity index (χ2n) is 3.98. The van der Waals surface area contributed by atoms with Gasteiger partial charge in [-0.3, -0.25) is 4.79 Å². The summed E-state index contributed by atoms with van der Waals surface area (Å²) in [5.41, 5.74) is 5.41. The van der Waals surface area contributed by atoms with E-state index in [0.717, 1.165) is 0 Å². The summed E-state index contributed by atoms with van der Waals surface area (Å²) in [6.45, 7) is 2.10. The first-order valence-corrected chi connectivity index (χ1v) is 5.81. The molecule has 0 fully saturated rings. The molecule has 0 saturated heterocycles. The van der Waals surface area contributed by atoms with Crippen molar-refractivity contribution in [3.05, 3.63) is 34.6 Å². The number of aromatic nitrogens is 3. The third-order valence-corrected chi connectivity index (χ3v) is 2.69. The van der Waals surface area contributed by atoms with Gasteiger partial charge in [0.2, 0.25) is 11.8 Å². The number of hydrogen-bond donors (Lipinski definition) is 1. The fourth-order valence-electron chi connectivity index (χ4n) is 1.54. The molecule has 0 aromatic carbocycles. The van der Waals surface area contributed by atoms with Gasteiger partial charge >= 0.3 is 0 Å². The Labute approximate surface area is 114 Å². The maximum Gasteiger partial charge on any atom is 0.250 e. The number of primary amides is 1. The van der Waals surface area contributed by atoms with E-state index in [0.29, 0.717) is 29.1 Å². The SMILES string of the molecule is Cc1nc(CN(C)c2ncc(C(N)=O)cc2Cl)no1. The highest BCUT2D eigenvalue weighted by Gasteiger charge is 2.13. The summed E-state index contributed by atoms with van der Waals surface area (Å²) in [7, 11) is 1.78. The number of carbonyl (C=O) groups is 1. The van der Waals surface area contributed by atoms with Crippen LogP contribution in [-0.4, -0.2) is 28.1 Å². The fraction of sp³-hybridized carbons (Fsp3) is 0.273. The lowest BCUT2D eigenvalue weighted by Gasteiger charge is -2.17. The number of nitrogens with zero attached hydrogens (tertiary/aromatic N) is 4. The van der Waals surface area contributed by atoms with E-state index in [2.05, 4.69) is 15.1 Å². The highest BCUT2D eigenvalue weighted by Crippen LogP contribution is 2.23. The minimum absolute atomic E-state index is 0.262. The zero-order valence-corrected chi connectivity index (χ0v) is 11.2. The van der Waals surface area contributed by atoms with E-state index in [1.807, 2.05) is 0 Å². The Morgan fingerprint density at radius 2 is 2.32 bits per heavy atom. The first kappa shape index (κ1) is 13.3. The largest absolute Gasteiger partial charge is 0.366 e. The van der Waals surface area contributed by atoms with Crippen molar-refractivity contribution in [2.45, 2.75) is 13.5 Å². The number of rotatable bonds is 4. The summed E-state index contributed by atoms with van der Waals surface area (Å²) in [6, 6.07) is 1.48. The van der Waals surface area contributed by atoms with Crippen molar-refractivity contribution in [2.75, 3.05) is 11.9 Å². The number of carbonyl (C=O) groups excluding carboxylic acids is 1. The molecule has 2 aromatic rings. The topological polar surface area (TPSA) is 98.1 Å². The number of amides is 1. The van der Waals surface area contributed by atoms with Crippen LogP contribution >= 0.6 is 11.6 Å². The van der Waals surface area contributed by atoms with Crippen LogP contribution in [0.4, 0.5) is 5.82 Å². The zero-order valence-electron chi connectivity index (χ0n) is 10.4. The number of anilines is 1. The van der Waals surface area contributed by atoms with Gasteiger partial charge in [-0.15, -0.1) is 0 Å². The summed E-state index contributed by atoms with van der Waals surface area (Å²) in [5.74, 6) is 0.954. The summed E-state index contributed by atoms with van der Waals surface area (Å²) < 4.78 is 4.88. The van der Waals surface area contributed by atoms with Crippen LogP contribution in [0.5, 0.6) is 0 Å². The van der Waals surface area contributed by atoms with E-state index in [1.165, 1.54) is 12.3 Å². The van der Waals surface area contributed by atoms with Crippen LogP contribution < -0.4 is 10.6 Å². The molecule has 0 spiro atoms. The molecule has 0 bridgehead atoms. The molecule has 0 radical (unpaired) electrons. The highest BCUT2D eigenvalue weighted by molar-refractivity contribution is 6.33. The van der Waals surface area contributed by atoms with E-state index in [-0.39, 0.29) is 5.56 Å². The molecular weight excluding hydrogens is 270 g/mol. The Hall–Kier alpha value is -2.15. The highest BCUT2D eigenvalue weighted by atomic mass is 35.5. The van der Waals surface area contributed by atoms with E-state index in [1.54, 1.807) is 18.9 Å². The van der Waals surface area contributed by atoms with Gasteiger partial charge in [-0.1, -0.05) is 16.8 Å². The van der Waals surface area contributed by atoms with Gasteiger partial charge in [0.15, 0.2) is 5.82 Å². The molecular formula is C11H12ClN5O2. The number of pyridine rings is 1. The van der Waals surface area contributed by atoms with Gasteiger partial charge in [0, 0.05) is 20.2 Å². The van der Waals surface area contributed by atoms with Gasteiger partial charge < -0.3 is 15.2 Å². The Morgan fingerprint density at radius 3 is 2.84 bits per heavy atom. The van der Waals surface area contributed by atoms with Gasteiger partial charge in [-0.25, -0.2) is 4.98 Å². The number of halogens is 1. The Balaban J connectivity index is 2.19. The molecule has 8 heteroatoms. The molecule has 2 heterocycles. The van der Waals surface area contributed by atoms with Gasteiger partial charge in [0.1, 0.15) is 5.82 Å². The smallest absolute Gasteiger partial charge is 0.250 e. The summed E-state index contributed by atoms with van der Waals surface area (Å²) in [5, 5.41) is 4.12. The van der Waals surface area contributed by atoms with Gasteiger partial charge in [-0.05, 0) is 6.07 Å². The first-order valence-electron chi connectivity index (χ1n) is 5.43. The van der Waals surface area contributed by atoms with Crippen molar-refractivity contribution in [3.63, 3.8) is 0 Å². The predicted octanol–water partition coefficient (Wildman–Crippen LogP) is 1.16. The predicted molar refractivity (Wildman–Crippen MR) is 68.9 cm³/mol. The molecule has 0 aliphatic rings. The van der Waals surface area contributed by atoms with Crippen molar-refractivity contribution in [2.24, 2.45) is 5.73 Å². The average Bonchev–Trinajstić information content (AvgIpc) is 2.74. The summed E-state index contributed by atoms with van der Waals surface area (Å²) >= 11 is 6.06. The van der Waals surface area contributed by atoms with Gasteiger partial charge in [0.25, 0.3) is 0 Å². The fourth-order valence-corrected chi connectivity index (χ4v) is 1.85. The van der Waals surface area contributed by atoms with E-state index in [4.69, 9.17) is 21.9 Å². The van der Waals surface area contributed by atoms with Crippen molar-refractivity contribution in [1.29, 1.82) is 0 Å². The van der Waals surface area contributed by atoms with Crippen LogP contribution in [0.1, 0.15) is 22.1 Å².